The molecule has 35 heavy (non-hydrogen) atoms. The molecule has 10 heteroatoms. The predicted octanol–water partition coefficient (Wildman–Crippen LogP) is 6.47. The van der Waals surface area contributed by atoms with Crippen molar-refractivity contribution in [2.24, 2.45) is 0 Å². The molecule has 1 N–H and O–H groups in total. The molecule has 0 aliphatic heterocycles. The van der Waals surface area contributed by atoms with E-state index in [1.807, 2.05) is 13.8 Å². The highest BCUT2D eigenvalue weighted by Gasteiger charge is 2.21. The Morgan fingerprint density at radius 1 is 1.06 bits per heavy atom. The molecule has 0 amide bonds. The molecule has 0 unspecified atom stereocenters. The van der Waals surface area contributed by atoms with Crippen molar-refractivity contribution in [3.63, 3.8) is 0 Å². The molecule has 8 nitrogen and oxygen atoms in total. The molecule has 180 valence electrons. The molecule has 0 aliphatic carbocycles. The maximum absolute atomic E-state index is 11.0. The van der Waals surface area contributed by atoms with Crippen molar-refractivity contribution in [2.45, 2.75) is 33.3 Å². The molecular formula is C25H22Cl2N4O4. The SMILES string of the molecule is Cc1nc(OCc2c(C(C)C)nnn2-c2c(Cl)cccc2Cl)ccc1Oc1ccc(C(=O)O)cc1. The van der Waals surface area contributed by atoms with Crippen molar-refractivity contribution >= 4 is 29.2 Å². The van der Waals surface area contributed by atoms with Crippen LogP contribution in [0.15, 0.2) is 54.6 Å². The summed E-state index contributed by atoms with van der Waals surface area (Å²) in [5, 5.41) is 18.5. The first kappa shape index (κ1) is 24.5. The second kappa shape index (κ2) is 10.3. The van der Waals surface area contributed by atoms with Gasteiger partial charge in [-0.15, -0.1) is 5.10 Å². The van der Waals surface area contributed by atoms with Gasteiger partial charge in [0.25, 0.3) is 0 Å². The van der Waals surface area contributed by atoms with E-state index in [9.17, 15) is 4.79 Å². The van der Waals surface area contributed by atoms with Crippen molar-refractivity contribution in [1.29, 1.82) is 0 Å². The normalized spacial score (nSPS) is 11.0. The Bertz CT molecular complexity index is 1350. The minimum absolute atomic E-state index is 0.0987. The van der Waals surface area contributed by atoms with Gasteiger partial charge in [-0.3, -0.25) is 0 Å². The zero-order chi connectivity index (χ0) is 25.1. The standard InChI is InChI=1S/C25H22Cl2N4O4/c1-14(2)23-20(31(30-29-23)24-18(26)5-4-6-19(24)27)13-34-22-12-11-21(15(3)28-22)35-17-9-7-16(8-10-17)25(32)33/h4-12,14H,13H2,1-3H3,(H,32,33). The van der Waals surface area contributed by atoms with E-state index in [0.29, 0.717) is 44.5 Å². The highest BCUT2D eigenvalue weighted by atomic mass is 35.5. The number of pyridine rings is 1. The van der Waals surface area contributed by atoms with Crippen LogP contribution in [0.2, 0.25) is 10.0 Å². The summed E-state index contributed by atoms with van der Waals surface area (Å²) in [5.74, 6) is 0.523. The van der Waals surface area contributed by atoms with Gasteiger partial charge < -0.3 is 14.6 Å². The maximum Gasteiger partial charge on any atom is 0.335 e. The van der Waals surface area contributed by atoms with Crippen LogP contribution in [0.1, 0.15) is 47.2 Å². The minimum Gasteiger partial charge on any atom is -0.478 e. The Hall–Kier alpha value is -3.62. The number of aryl methyl sites for hydroxylation is 1. The fourth-order valence-electron chi connectivity index (χ4n) is 3.42. The number of ether oxygens (including phenoxy) is 2. The number of carboxylic acids is 1. The molecule has 0 atom stereocenters. The number of hydrogen-bond acceptors (Lipinski definition) is 6. The first-order valence-electron chi connectivity index (χ1n) is 10.7. The second-order valence-corrected chi connectivity index (χ2v) is 8.83. The summed E-state index contributed by atoms with van der Waals surface area (Å²) in [5.41, 5.74) is 2.81. The van der Waals surface area contributed by atoms with Gasteiger partial charge in [0.1, 0.15) is 29.5 Å². The van der Waals surface area contributed by atoms with Gasteiger partial charge in [-0.2, -0.15) is 0 Å². The number of para-hydroxylation sites is 1. The Balaban J connectivity index is 1.54. The lowest BCUT2D eigenvalue weighted by Gasteiger charge is -2.14. The van der Waals surface area contributed by atoms with E-state index in [0.717, 1.165) is 5.69 Å². The van der Waals surface area contributed by atoms with Crippen molar-refractivity contribution in [2.75, 3.05) is 0 Å². The van der Waals surface area contributed by atoms with Gasteiger partial charge in [-0.05, 0) is 55.3 Å². The van der Waals surface area contributed by atoms with Gasteiger partial charge in [-0.25, -0.2) is 14.5 Å². The van der Waals surface area contributed by atoms with Gasteiger partial charge in [-0.1, -0.05) is 48.3 Å². The third kappa shape index (κ3) is 5.39. The Labute approximate surface area is 212 Å². The first-order valence-corrected chi connectivity index (χ1v) is 11.5. The van der Waals surface area contributed by atoms with E-state index in [1.165, 1.54) is 12.1 Å². The van der Waals surface area contributed by atoms with Crippen molar-refractivity contribution in [3.8, 4) is 23.1 Å². The molecule has 2 aromatic carbocycles. The number of carboxylic acid groups (broad SMARTS) is 1. The van der Waals surface area contributed by atoms with Crippen molar-refractivity contribution in [3.05, 3.63) is 87.3 Å². The third-order valence-electron chi connectivity index (χ3n) is 5.19. The van der Waals surface area contributed by atoms with Gasteiger partial charge in [0.05, 0.1) is 27.0 Å². The molecule has 2 heterocycles. The van der Waals surface area contributed by atoms with Gasteiger partial charge in [0.2, 0.25) is 5.88 Å². The molecule has 0 radical (unpaired) electrons. The van der Waals surface area contributed by atoms with Crippen LogP contribution in [-0.2, 0) is 6.61 Å². The summed E-state index contributed by atoms with van der Waals surface area (Å²) in [6, 6.07) is 14.8. The van der Waals surface area contributed by atoms with Crippen LogP contribution in [0.4, 0.5) is 0 Å². The van der Waals surface area contributed by atoms with E-state index >= 15 is 0 Å². The molecule has 2 aromatic heterocycles. The van der Waals surface area contributed by atoms with Crippen LogP contribution in [0.25, 0.3) is 5.69 Å². The zero-order valence-electron chi connectivity index (χ0n) is 19.2. The number of halogens is 2. The lowest BCUT2D eigenvalue weighted by molar-refractivity contribution is 0.0697. The average molecular weight is 513 g/mol. The number of aromatic nitrogens is 4. The van der Waals surface area contributed by atoms with Crippen LogP contribution in [0.5, 0.6) is 17.4 Å². The molecule has 0 bridgehead atoms. The molecule has 0 aliphatic rings. The number of benzene rings is 2. The number of carbonyl (C=O) groups is 1. The van der Waals surface area contributed by atoms with E-state index < -0.39 is 5.97 Å². The molecule has 0 fully saturated rings. The van der Waals surface area contributed by atoms with Gasteiger partial charge >= 0.3 is 5.97 Å². The summed E-state index contributed by atoms with van der Waals surface area (Å²) >= 11 is 12.8. The molecule has 4 rings (SSSR count). The summed E-state index contributed by atoms with van der Waals surface area (Å²) in [7, 11) is 0. The second-order valence-electron chi connectivity index (χ2n) is 8.01. The topological polar surface area (TPSA) is 99.4 Å². The van der Waals surface area contributed by atoms with Crippen LogP contribution in [0, 0.1) is 6.92 Å². The van der Waals surface area contributed by atoms with E-state index in [2.05, 4.69) is 15.3 Å². The third-order valence-corrected chi connectivity index (χ3v) is 5.80. The monoisotopic (exact) mass is 512 g/mol. The average Bonchev–Trinajstić information content (AvgIpc) is 3.23. The lowest BCUT2D eigenvalue weighted by atomic mass is 10.1. The molecule has 4 aromatic rings. The van der Waals surface area contributed by atoms with Crippen LogP contribution < -0.4 is 9.47 Å². The summed E-state index contributed by atoms with van der Waals surface area (Å²) < 4.78 is 13.4. The first-order chi connectivity index (χ1) is 16.7. The Kier molecular flexibility index (Phi) is 7.23. The molecule has 0 saturated heterocycles. The van der Waals surface area contributed by atoms with Crippen molar-refractivity contribution < 1.29 is 19.4 Å². The lowest BCUT2D eigenvalue weighted by Crippen LogP contribution is -2.10. The summed E-state index contributed by atoms with van der Waals surface area (Å²) in [6.07, 6.45) is 0. The molecular weight excluding hydrogens is 491 g/mol. The van der Waals surface area contributed by atoms with Gasteiger partial charge in [0, 0.05) is 6.07 Å². The number of hydrogen-bond donors (Lipinski definition) is 1. The van der Waals surface area contributed by atoms with E-state index in [4.69, 9.17) is 37.8 Å². The largest absolute Gasteiger partial charge is 0.478 e. The molecule has 0 spiro atoms. The van der Waals surface area contributed by atoms with E-state index in [-0.39, 0.29) is 18.1 Å². The Morgan fingerprint density at radius 2 is 1.74 bits per heavy atom. The predicted molar refractivity (Wildman–Crippen MR) is 132 cm³/mol. The fraction of sp³-hybridized carbons (Fsp3) is 0.200. The molecule has 0 saturated carbocycles. The quantitative estimate of drug-likeness (QED) is 0.288. The zero-order valence-corrected chi connectivity index (χ0v) is 20.7. The van der Waals surface area contributed by atoms with Gasteiger partial charge in [0.15, 0.2) is 0 Å². The van der Waals surface area contributed by atoms with E-state index in [1.54, 1.807) is 54.1 Å². The fourth-order valence-corrected chi connectivity index (χ4v) is 3.97. The smallest absolute Gasteiger partial charge is 0.335 e. The number of nitrogens with zero attached hydrogens (tertiary/aromatic N) is 4. The Morgan fingerprint density at radius 3 is 2.34 bits per heavy atom. The minimum atomic E-state index is -0.995. The maximum atomic E-state index is 11.0. The summed E-state index contributed by atoms with van der Waals surface area (Å²) in [6.45, 7) is 5.97. The highest BCUT2D eigenvalue weighted by molar-refractivity contribution is 6.37. The number of aromatic carboxylic acids is 1. The van der Waals surface area contributed by atoms with Crippen LogP contribution >= 0.6 is 23.2 Å². The van der Waals surface area contributed by atoms with Crippen LogP contribution in [-0.4, -0.2) is 31.1 Å². The van der Waals surface area contributed by atoms with Crippen molar-refractivity contribution in [1.82, 2.24) is 20.0 Å². The highest BCUT2D eigenvalue weighted by Crippen LogP contribution is 2.31. The van der Waals surface area contributed by atoms with Crippen LogP contribution in [0.3, 0.4) is 0 Å². The number of rotatable bonds is 8. The summed E-state index contributed by atoms with van der Waals surface area (Å²) in [4.78, 5) is 15.5.